The fraction of sp³-hybridized carbons (Fsp3) is 0.0588. The van der Waals surface area contributed by atoms with Crippen LogP contribution in [0.25, 0.3) is 26.8 Å². The molecule has 4 heterocycles. The molecule has 5 nitrogen and oxygen atoms in total. The van der Waals surface area contributed by atoms with Gasteiger partial charge in [-0.05, 0) is 47.8 Å². The minimum atomic E-state index is 0.812. The highest BCUT2D eigenvalue weighted by molar-refractivity contribution is 7.99. The average Bonchev–Trinajstić information content (AvgIpc) is 3.23. The highest BCUT2D eigenvalue weighted by Gasteiger charge is 2.14. The van der Waals surface area contributed by atoms with Gasteiger partial charge < -0.3 is 0 Å². The Hall–Kier alpha value is -2.51. The summed E-state index contributed by atoms with van der Waals surface area (Å²) in [6.07, 6.45) is 1.60. The predicted molar refractivity (Wildman–Crippen MR) is 96.8 cm³/mol. The molecule has 0 spiro atoms. The molecule has 0 atom stereocenters. The van der Waals surface area contributed by atoms with Gasteiger partial charge in [0.25, 0.3) is 0 Å². The topological polar surface area (TPSA) is 56.0 Å². The number of hydrogen-bond donors (Lipinski definition) is 0. The summed E-state index contributed by atoms with van der Waals surface area (Å²) in [7, 11) is 0. The van der Waals surface area contributed by atoms with E-state index in [9.17, 15) is 0 Å². The Balaban J connectivity index is 1.76. The van der Waals surface area contributed by atoms with Crippen molar-refractivity contribution in [2.45, 2.75) is 17.1 Å². The normalized spacial score (nSPS) is 11.7. The van der Waals surface area contributed by atoms with Gasteiger partial charge >= 0.3 is 0 Å². The van der Waals surface area contributed by atoms with Crippen molar-refractivity contribution in [3.63, 3.8) is 0 Å². The minimum Gasteiger partial charge on any atom is -0.270 e. The number of aromatic nitrogens is 5. The fourth-order valence-electron chi connectivity index (χ4n) is 2.88. The van der Waals surface area contributed by atoms with E-state index < -0.39 is 0 Å². The van der Waals surface area contributed by atoms with Crippen molar-refractivity contribution < 1.29 is 0 Å². The van der Waals surface area contributed by atoms with E-state index in [1.807, 2.05) is 17.5 Å². The van der Waals surface area contributed by atoms with Gasteiger partial charge in [-0.2, -0.15) is 0 Å². The van der Waals surface area contributed by atoms with Gasteiger partial charge in [0.2, 0.25) is 5.16 Å². The van der Waals surface area contributed by atoms with E-state index in [1.165, 1.54) is 22.7 Å². The summed E-state index contributed by atoms with van der Waals surface area (Å²) in [5, 5.41) is 14.7. The lowest BCUT2D eigenvalue weighted by Gasteiger charge is -2.07. The Labute approximate surface area is 145 Å². The molecule has 0 aliphatic heterocycles. The molecule has 116 valence electrons. The summed E-state index contributed by atoms with van der Waals surface area (Å²) in [5.74, 6) is 0. The van der Waals surface area contributed by atoms with E-state index in [-0.39, 0.29) is 0 Å². The molecule has 0 radical (unpaired) electrons. The van der Waals surface area contributed by atoms with Crippen molar-refractivity contribution in [3.05, 3.63) is 53.7 Å². The number of hydrogen-bond acceptors (Lipinski definition) is 6. The molecule has 0 unspecified atom stereocenters. The first-order valence-electron chi connectivity index (χ1n) is 7.41. The van der Waals surface area contributed by atoms with E-state index >= 15 is 0 Å². The molecule has 5 rings (SSSR count). The van der Waals surface area contributed by atoms with E-state index in [2.05, 4.69) is 55.8 Å². The van der Waals surface area contributed by atoms with E-state index in [4.69, 9.17) is 0 Å². The maximum absolute atomic E-state index is 4.44. The Kier molecular flexibility index (Phi) is 3.04. The van der Waals surface area contributed by atoms with Crippen LogP contribution in [0.4, 0.5) is 0 Å². The first-order valence-corrected chi connectivity index (χ1v) is 9.10. The minimum absolute atomic E-state index is 0.812. The molecule has 0 aliphatic rings. The largest absolute Gasteiger partial charge is 0.270 e. The van der Waals surface area contributed by atoms with Crippen molar-refractivity contribution in [1.82, 2.24) is 24.6 Å². The van der Waals surface area contributed by atoms with Crippen LogP contribution in [0.2, 0.25) is 0 Å². The molecule has 4 aromatic heterocycles. The number of benzene rings is 1. The quantitative estimate of drug-likeness (QED) is 0.444. The zero-order valence-electron chi connectivity index (χ0n) is 12.7. The van der Waals surface area contributed by atoms with Gasteiger partial charge in [-0.1, -0.05) is 18.2 Å². The number of thiophene rings is 1. The predicted octanol–water partition coefficient (Wildman–Crippen LogP) is 4.35. The second-order valence-electron chi connectivity index (χ2n) is 5.44. The lowest BCUT2D eigenvalue weighted by atomic mass is 10.1. The zero-order valence-corrected chi connectivity index (χ0v) is 14.3. The molecule has 0 saturated heterocycles. The van der Waals surface area contributed by atoms with Crippen LogP contribution in [0, 0.1) is 6.92 Å². The Morgan fingerprint density at radius 1 is 1.04 bits per heavy atom. The number of para-hydroxylation sites is 1. The lowest BCUT2D eigenvalue weighted by Crippen LogP contribution is -1.93. The van der Waals surface area contributed by atoms with Crippen LogP contribution in [0.15, 0.2) is 58.3 Å². The van der Waals surface area contributed by atoms with Gasteiger partial charge in [0, 0.05) is 10.8 Å². The maximum atomic E-state index is 4.44. The number of pyridine rings is 1. The smallest absolute Gasteiger partial charge is 0.202 e. The molecule has 5 aromatic rings. The Morgan fingerprint density at radius 3 is 2.92 bits per heavy atom. The van der Waals surface area contributed by atoms with Crippen molar-refractivity contribution in [3.8, 4) is 0 Å². The van der Waals surface area contributed by atoms with Crippen LogP contribution in [-0.2, 0) is 0 Å². The second-order valence-corrected chi connectivity index (χ2v) is 7.29. The van der Waals surface area contributed by atoms with Gasteiger partial charge in [0.1, 0.15) is 16.2 Å². The van der Waals surface area contributed by atoms with Crippen LogP contribution >= 0.6 is 23.1 Å². The first-order chi connectivity index (χ1) is 11.8. The van der Waals surface area contributed by atoms with E-state index in [1.54, 1.807) is 17.7 Å². The molecule has 0 amide bonds. The average molecular weight is 349 g/mol. The van der Waals surface area contributed by atoms with Crippen LogP contribution < -0.4 is 0 Å². The number of nitrogens with zero attached hydrogens (tertiary/aromatic N) is 5. The summed E-state index contributed by atoms with van der Waals surface area (Å²) in [6.45, 7) is 2.10. The van der Waals surface area contributed by atoms with Crippen molar-refractivity contribution in [2.75, 3.05) is 0 Å². The monoisotopic (exact) mass is 349 g/mol. The van der Waals surface area contributed by atoms with Crippen molar-refractivity contribution >= 4 is 49.9 Å². The first kappa shape index (κ1) is 13.9. The third-order valence-corrected chi connectivity index (χ3v) is 5.77. The molecule has 0 bridgehead atoms. The van der Waals surface area contributed by atoms with Crippen LogP contribution in [-0.4, -0.2) is 24.6 Å². The molecule has 0 saturated carbocycles. The molecule has 24 heavy (non-hydrogen) atoms. The summed E-state index contributed by atoms with van der Waals surface area (Å²) in [6, 6.07) is 12.4. The summed E-state index contributed by atoms with van der Waals surface area (Å²) >= 11 is 3.14. The molecule has 0 N–H and O–H groups in total. The molecule has 0 aliphatic carbocycles. The Morgan fingerprint density at radius 2 is 1.96 bits per heavy atom. The highest BCUT2D eigenvalue weighted by Crippen LogP contribution is 2.33. The fourth-order valence-corrected chi connectivity index (χ4v) is 4.59. The third-order valence-electron chi connectivity index (χ3n) is 3.99. The molecule has 1 aromatic carbocycles. The highest BCUT2D eigenvalue weighted by atomic mass is 32.2. The van der Waals surface area contributed by atoms with Crippen molar-refractivity contribution in [2.24, 2.45) is 0 Å². The SMILES string of the molecule is Cc1cc2nnc(Sc3ncnc4sccc34)n2c2ccccc12. The van der Waals surface area contributed by atoms with Gasteiger partial charge in [0.15, 0.2) is 5.65 Å². The molecule has 7 heteroatoms. The van der Waals surface area contributed by atoms with Crippen molar-refractivity contribution in [1.29, 1.82) is 0 Å². The third kappa shape index (κ3) is 2.02. The second kappa shape index (κ2) is 5.25. The zero-order chi connectivity index (χ0) is 16.1. The summed E-state index contributed by atoms with van der Waals surface area (Å²) in [4.78, 5) is 9.73. The van der Waals surface area contributed by atoms with Crippen LogP contribution in [0.3, 0.4) is 0 Å². The van der Waals surface area contributed by atoms with E-state index in [0.717, 1.165) is 31.6 Å². The summed E-state index contributed by atoms with van der Waals surface area (Å²) in [5.41, 5.74) is 3.16. The maximum Gasteiger partial charge on any atom is 0.202 e. The number of aryl methyl sites for hydroxylation is 1. The van der Waals surface area contributed by atoms with Gasteiger partial charge in [-0.25, -0.2) is 9.97 Å². The lowest BCUT2D eigenvalue weighted by molar-refractivity contribution is 0.935. The van der Waals surface area contributed by atoms with E-state index in [0.29, 0.717) is 0 Å². The Bertz CT molecular complexity index is 1210. The molecular formula is C17H11N5S2. The number of rotatable bonds is 2. The standard InChI is InChI=1S/C17H11N5S2/c1-10-8-14-20-21-17(22(14)13-5-3-2-4-11(10)13)24-16-12-6-7-23-15(12)18-9-19-16/h2-9H,1H3. The van der Waals surface area contributed by atoms with Gasteiger partial charge in [0.05, 0.1) is 5.52 Å². The van der Waals surface area contributed by atoms with Gasteiger partial charge in [-0.15, -0.1) is 21.5 Å². The molecular weight excluding hydrogens is 338 g/mol. The van der Waals surface area contributed by atoms with Crippen LogP contribution in [0.5, 0.6) is 0 Å². The number of fused-ring (bicyclic) bond motifs is 4. The van der Waals surface area contributed by atoms with Crippen LogP contribution in [0.1, 0.15) is 5.56 Å². The molecule has 0 fully saturated rings. The summed E-state index contributed by atoms with van der Waals surface area (Å²) < 4.78 is 2.09. The van der Waals surface area contributed by atoms with Gasteiger partial charge in [-0.3, -0.25) is 4.40 Å².